The van der Waals surface area contributed by atoms with Crippen molar-refractivity contribution < 1.29 is 4.42 Å². The normalized spacial score (nSPS) is 11.1. The van der Waals surface area contributed by atoms with E-state index in [9.17, 15) is 0 Å². The molecule has 1 N–H and O–H groups in total. The van der Waals surface area contributed by atoms with Gasteiger partial charge in [-0.25, -0.2) is 0 Å². The molecular formula is C14H13NOS. The van der Waals surface area contributed by atoms with Gasteiger partial charge in [0.05, 0.1) is 12.8 Å². The first-order valence-corrected chi connectivity index (χ1v) is 6.44. The average molecular weight is 243 g/mol. The highest BCUT2D eigenvalue weighted by Gasteiger charge is 2.01. The van der Waals surface area contributed by atoms with Crippen LogP contribution >= 0.6 is 11.3 Å². The van der Waals surface area contributed by atoms with Crippen LogP contribution in [0.5, 0.6) is 0 Å². The first kappa shape index (κ1) is 10.6. The molecule has 2 heterocycles. The van der Waals surface area contributed by atoms with Gasteiger partial charge in [0.15, 0.2) is 0 Å². The predicted molar refractivity (Wildman–Crippen MR) is 71.1 cm³/mol. The monoisotopic (exact) mass is 243 g/mol. The van der Waals surface area contributed by atoms with Crippen LogP contribution in [0.15, 0.2) is 53.1 Å². The molecule has 0 aliphatic carbocycles. The molecule has 0 unspecified atom stereocenters. The summed E-state index contributed by atoms with van der Waals surface area (Å²) in [6.07, 6.45) is 1.70. The van der Waals surface area contributed by atoms with Gasteiger partial charge < -0.3 is 9.73 Å². The molecule has 3 rings (SSSR count). The van der Waals surface area contributed by atoms with Crippen molar-refractivity contribution in [3.05, 3.63) is 59.4 Å². The third-order valence-corrected chi connectivity index (χ3v) is 3.77. The summed E-state index contributed by atoms with van der Waals surface area (Å²) in [7, 11) is 0. The van der Waals surface area contributed by atoms with Crippen LogP contribution in [0.25, 0.3) is 10.1 Å². The van der Waals surface area contributed by atoms with Gasteiger partial charge in [-0.3, -0.25) is 0 Å². The van der Waals surface area contributed by atoms with E-state index in [0.29, 0.717) is 0 Å². The second-order valence-corrected chi connectivity index (χ2v) is 5.10. The van der Waals surface area contributed by atoms with Crippen LogP contribution in [-0.4, -0.2) is 0 Å². The molecule has 0 saturated carbocycles. The van der Waals surface area contributed by atoms with E-state index in [1.54, 1.807) is 6.26 Å². The fourth-order valence-electron chi connectivity index (χ4n) is 1.85. The minimum absolute atomic E-state index is 0.779. The molecule has 0 fully saturated rings. The number of hydrogen-bond donors (Lipinski definition) is 1. The minimum atomic E-state index is 0.779. The van der Waals surface area contributed by atoms with Crippen LogP contribution in [0.4, 0.5) is 0 Å². The number of nitrogens with one attached hydrogen (secondary N) is 1. The lowest BCUT2D eigenvalue weighted by molar-refractivity contribution is 0.484. The molecule has 3 heteroatoms. The highest BCUT2D eigenvalue weighted by atomic mass is 32.1. The highest BCUT2D eigenvalue weighted by molar-refractivity contribution is 7.19. The Morgan fingerprint density at radius 1 is 1.06 bits per heavy atom. The molecule has 17 heavy (non-hydrogen) atoms. The van der Waals surface area contributed by atoms with E-state index in [1.807, 2.05) is 23.5 Å². The average Bonchev–Trinajstić information content (AvgIpc) is 2.96. The van der Waals surface area contributed by atoms with Crippen molar-refractivity contribution in [1.29, 1.82) is 0 Å². The van der Waals surface area contributed by atoms with E-state index in [4.69, 9.17) is 4.42 Å². The van der Waals surface area contributed by atoms with Crippen LogP contribution in [0.1, 0.15) is 10.6 Å². The van der Waals surface area contributed by atoms with Crippen molar-refractivity contribution in [3.8, 4) is 0 Å². The van der Waals surface area contributed by atoms with Crippen LogP contribution in [0, 0.1) is 0 Å². The van der Waals surface area contributed by atoms with Gasteiger partial charge in [0.2, 0.25) is 0 Å². The number of rotatable bonds is 4. The molecule has 0 aliphatic rings. The molecule has 3 aromatic rings. The van der Waals surface area contributed by atoms with Gasteiger partial charge in [-0.2, -0.15) is 0 Å². The molecule has 0 amide bonds. The Morgan fingerprint density at radius 2 is 2.00 bits per heavy atom. The summed E-state index contributed by atoms with van der Waals surface area (Å²) in [5.41, 5.74) is 0. The van der Waals surface area contributed by atoms with E-state index < -0.39 is 0 Å². The zero-order chi connectivity index (χ0) is 11.5. The van der Waals surface area contributed by atoms with Crippen molar-refractivity contribution in [2.75, 3.05) is 0 Å². The topological polar surface area (TPSA) is 25.2 Å². The molecule has 0 saturated heterocycles. The van der Waals surface area contributed by atoms with Gasteiger partial charge in [0, 0.05) is 16.1 Å². The summed E-state index contributed by atoms with van der Waals surface area (Å²) in [6, 6.07) is 14.6. The van der Waals surface area contributed by atoms with Gasteiger partial charge in [-0.15, -0.1) is 11.3 Å². The van der Waals surface area contributed by atoms with Crippen molar-refractivity contribution in [3.63, 3.8) is 0 Å². The van der Waals surface area contributed by atoms with Crippen molar-refractivity contribution in [1.82, 2.24) is 5.32 Å². The maximum atomic E-state index is 5.27. The van der Waals surface area contributed by atoms with Gasteiger partial charge in [-0.05, 0) is 29.7 Å². The molecule has 86 valence electrons. The second-order valence-electron chi connectivity index (χ2n) is 3.93. The minimum Gasteiger partial charge on any atom is -0.468 e. The smallest absolute Gasteiger partial charge is 0.117 e. The van der Waals surface area contributed by atoms with Crippen LogP contribution in [0.3, 0.4) is 0 Å². The molecule has 0 aliphatic heterocycles. The Kier molecular flexibility index (Phi) is 2.94. The number of thiophene rings is 1. The summed E-state index contributed by atoms with van der Waals surface area (Å²) >= 11 is 1.84. The van der Waals surface area contributed by atoms with Crippen LogP contribution < -0.4 is 5.32 Å². The number of fused-ring (bicyclic) bond motifs is 1. The second kappa shape index (κ2) is 4.73. The largest absolute Gasteiger partial charge is 0.468 e. The zero-order valence-electron chi connectivity index (χ0n) is 9.35. The molecule has 2 nitrogen and oxygen atoms in total. The van der Waals surface area contributed by atoms with Crippen molar-refractivity contribution in [2.45, 2.75) is 13.1 Å². The molecule has 2 aromatic heterocycles. The van der Waals surface area contributed by atoms with E-state index in [2.05, 4.69) is 35.6 Å². The Balaban J connectivity index is 1.65. The fraction of sp³-hybridized carbons (Fsp3) is 0.143. The molecular weight excluding hydrogens is 230 g/mol. The summed E-state index contributed by atoms with van der Waals surface area (Å²) in [5.74, 6) is 0.978. The molecule has 0 bridgehead atoms. The summed E-state index contributed by atoms with van der Waals surface area (Å²) in [5, 5.41) is 4.71. The predicted octanol–water partition coefficient (Wildman–Crippen LogP) is 3.78. The van der Waals surface area contributed by atoms with Crippen molar-refractivity contribution in [2.24, 2.45) is 0 Å². The molecule has 0 spiro atoms. The Labute approximate surface area is 104 Å². The van der Waals surface area contributed by atoms with Gasteiger partial charge in [0.25, 0.3) is 0 Å². The Hall–Kier alpha value is -1.58. The van der Waals surface area contributed by atoms with Crippen LogP contribution in [-0.2, 0) is 13.1 Å². The molecule has 0 atom stereocenters. The van der Waals surface area contributed by atoms with Gasteiger partial charge >= 0.3 is 0 Å². The maximum Gasteiger partial charge on any atom is 0.117 e. The van der Waals surface area contributed by atoms with Gasteiger partial charge in [-0.1, -0.05) is 18.2 Å². The quantitative estimate of drug-likeness (QED) is 0.754. The number of furan rings is 1. The lowest BCUT2D eigenvalue weighted by Crippen LogP contribution is -2.10. The van der Waals surface area contributed by atoms with Gasteiger partial charge in [0.1, 0.15) is 5.76 Å². The number of hydrogen-bond acceptors (Lipinski definition) is 3. The lowest BCUT2D eigenvalue weighted by atomic mass is 10.2. The Bertz CT molecular complexity index is 565. The van der Waals surface area contributed by atoms with E-state index in [1.165, 1.54) is 15.0 Å². The fourth-order valence-corrected chi connectivity index (χ4v) is 2.88. The SMILES string of the molecule is c1coc(CNCc2cc3ccccc3s2)c1. The zero-order valence-corrected chi connectivity index (χ0v) is 10.2. The standard InChI is InChI=1S/C14H13NOS/c1-2-6-14-11(4-1)8-13(17-14)10-15-9-12-5-3-7-16-12/h1-8,15H,9-10H2. The number of benzene rings is 1. The Morgan fingerprint density at radius 3 is 2.82 bits per heavy atom. The lowest BCUT2D eigenvalue weighted by Gasteiger charge is -1.99. The van der Waals surface area contributed by atoms with Crippen molar-refractivity contribution >= 4 is 21.4 Å². The maximum absolute atomic E-state index is 5.27. The third kappa shape index (κ3) is 2.40. The van der Waals surface area contributed by atoms with E-state index in [0.717, 1.165) is 18.8 Å². The third-order valence-electron chi connectivity index (χ3n) is 2.66. The summed E-state index contributed by atoms with van der Waals surface area (Å²) in [4.78, 5) is 1.36. The van der Waals surface area contributed by atoms with Crippen LogP contribution in [0.2, 0.25) is 0 Å². The van der Waals surface area contributed by atoms with E-state index >= 15 is 0 Å². The highest BCUT2D eigenvalue weighted by Crippen LogP contribution is 2.24. The summed E-state index contributed by atoms with van der Waals surface area (Å²) in [6.45, 7) is 1.67. The van der Waals surface area contributed by atoms with E-state index in [-0.39, 0.29) is 0 Å². The first-order chi connectivity index (χ1) is 8.42. The first-order valence-electron chi connectivity index (χ1n) is 5.62. The molecule has 1 aromatic carbocycles. The molecule has 0 radical (unpaired) electrons. The summed E-state index contributed by atoms with van der Waals surface area (Å²) < 4.78 is 6.62.